The molecule has 2 rings (SSSR count). The molecule has 0 aromatic rings. The number of hydrogen-bond acceptors (Lipinski definition) is 3. The van der Waals surface area contributed by atoms with Crippen molar-refractivity contribution in [2.45, 2.75) is 31.8 Å². The first-order valence-electron chi connectivity index (χ1n) is 5.78. The molecular formula is C11H22N2O. The van der Waals surface area contributed by atoms with Crippen molar-refractivity contribution in [3.05, 3.63) is 0 Å². The number of rotatable bonds is 4. The summed E-state index contributed by atoms with van der Waals surface area (Å²) in [6, 6.07) is 1.29. The van der Waals surface area contributed by atoms with Crippen LogP contribution < -0.4 is 5.32 Å². The van der Waals surface area contributed by atoms with Crippen molar-refractivity contribution in [1.82, 2.24) is 10.2 Å². The standard InChI is InChI=1S/C11H22N2O/c1-9(10-3-4-10)13(2)7-11-8-14-6-5-12-11/h9-12H,3-8H2,1-2H3. The minimum Gasteiger partial charge on any atom is -0.378 e. The van der Waals surface area contributed by atoms with Crippen LogP contribution in [0.1, 0.15) is 19.8 Å². The molecule has 2 aliphatic rings. The summed E-state index contributed by atoms with van der Waals surface area (Å²) in [5.41, 5.74) is 0. The smallest absolute Gasteiger partial charge is 0.0632 e. The second-order valence-electron chi connectivity index (χ2n) is 4.74. The molecule has 1 aliphatic carbocycles. The Balaban J connectivity index is 1.71. The first-order chi connectivity index (χ1) is 6.77. The van der Waals surface area contributed by atoms with Crippen LogP contribution >= 0.6 is 0 Å². The molecule has 2 unspecified atom stereocenters. The third kappa shape index (κ3) is 2.69. The molecule has 0 aromatic carbocycles. The number of hydrogen-bond donors (Lipinski definition) is 1. The van der Waals surface area contributed by atoms with Crippen LogP contribution in [0.5, 0.6) is 0 Å². The Morgan fingerprint density at radius 3 is 2.86 bits per heavy atom. The molecule has 0 bridgehead atoms. The summed E-state index contributed by atoms with van der Waals surface area (Å²) in [7, 11) is 2.24. The van der Waals surface area contributed by atoms with E-state index in [-0.39, 0.29) is 0 Å². The van der Waals surface area contributed by atoms with Crippen molar-refractivity contribution < 1.29 is 4.74 Å². The quantitative estimate of drug-likeness (QED) is 0.720. The zero-order chi connectivity index (χ0) is 9.97. The summed E-state index contributed by atoms with van der Waals surface area (Å²) in [6.07, 6.45) is 2.86. The number of ether oxygens (including phenoxy) is 1. The van der Waals surface area contributed by atoms with Crippen LogP contribution in [0.3, 0.4) is 0 Å². The highest BCUT2D eigenvalue weighted by Gasteiger charge is 2.31. The van der Waals surface area contributed by atoms with Crippen molar-refractivity contribution in [3.63, 3.8) is 0 Å². The highest BCUT2D eigenvalue weighted by Crippen LogP contribution is 2.34. The lowest BCUT2D eigenvalue weighted by molar-refractivity contribution is 0.0591. The van der Waals surface area contributed by atoms with E-state index in [1.165, 1.54) is 12.8 Å². The van der Waals surface area contributed by atoms with E-state index in [0.717, 1.165) is 38.3 Å². The number of likely N-dealkylation sites (N-methyl/N-ethyl adjacent to an activating group) is 1. The van der Waals surface area contributed by atoms with Crippen molar-refractivity contribution in [3.8, 4) is 0 Å². The summed E-state index contributed by atoms with van der Waals surface area (Å²) in [6.45, 7) is 6.23. The molecule has 3 heteroatoms. The summed E-state index contributed by atoms with van der Waals surface area (Å²) in [4.78, 5) is 2.48. The van der Waals surface area contributed by atoms with Gasteiger partial charge in [-0.2, -0.15) is 0 Å². The zero-order valence-corrected chi connectivity index (χ0v) is 9.33. The lowest BCUT2D eigenvalue weighted by Crippen LogP contribution is -2.49. The highest BCUT2D eigenvalue weighted by atomic mass is 16.5. The minimum atomic E-state index is 0.537. The molecule has 3 nitrogen and oxygen atoms in total. The van der Waals surface area contributed by atoms with Gasteiger partial charge < -0.3 is 15.0 Å². The maximum atomic E-state index is 5.45. The third-order valence-electron chi connectivity index (χ3n) is 3.51. The van der Waals surface area contributed by atoms with Gasteiger partial charge in [0.1, 0.15) is 0 Å². The van der Waals surface area contributed by atoms with Gasteiger partial charge in [-0.3, -0.25) is 0 Å². The lowest BCUT2D eigenvalue weighted by Gasteiger charge is -2.31. The Hall–Kier alpha value is -0.120. The number of nitrogens with one attached hydrogen (secondary N) is 1. The fraction of sp³-hybridized carbons (Fsp3) is 1.00. The van der Waals surface area contributed by atoms with Gasteiger partial charge in [0.25, 0.3) is 0 Å². The fourth-order valence-electron chi connectivity index (χ4n) is 2.19. The number of morpholine rings is 1. The molecule has 82 valence electrons. The third-order valence-corrected chi connectivity index (χ3v) is 3.51. The van der Waals surface area contributed by atoms with Gasteiger partial charge in [0.05, 0.1) is 13.2 Å². The maximum Gasteiger partial charge on any atom is 0.0632 e. The van der Waals surface area contributed by atoms with Crippen LogP contribution in [-0.4, -0.2) is 50.3 Å². The van der Waals surface area contributed by atoms with Gasteiger partial charge in [0, 0.05) is 25.2 Å². The van der Waals surface area contributed by atoms with Gasteiger partial charge in [0.15, 0.2) is 0 Å². The monoisotopic (exact) mass is 198 g/mol. The molecule has 0 radical (unpaired) electrons. The molecule has 0 amide bonds. The Kier molecular flexibility index (Phi) is 3.42. The predicted octanol–water partition coefficient (Wildman–Crippen LogP) is 0.705. The van der Waals surface area contributed by atoms with Crippen molar-refractivity contribution in [1.29, 1.82) is 0 Å². The van der Waals surface area contributed by atoms with Gasteiger partial charge >= 0.3 is 0 Å². The Morgan fingerprint density at radius 2 is 2.29 bits per heavy atom. The molecule has 1 saturated carbocycles. The molecule has 2 atom stereocenters. The second kappa shape index (κ2) is 4.60. The van der Waals surface area contributed by atoms with E-state index in [1.807, 2.05) is 0 Å². The Labute approximate surface area is 86.8 Å². The maximum absolute atomic E-state index is 5.45. The molecule has 1 saturated heterocycles. The van der Waals surface area contributed by atoms with E-state index in [4.69, 9.17) is 4.74 Å². The van der Waals surface area contributed by atoms with Crippen LogP contribution in [0.25, 0.3) is 0 Å². The molecule has 1 aliphatic heterocycles. The van der Waals surface area contributed by atoms with Gasteiger partial charge in [-0.05, 0) is 32.7 Å². The van der Waals surface area contributed by atoms with Gasteiger partial charge in [0.2, 0.25) is 0 Å². The van der Waals surface area contributed by atoms with Crippen molar-refractivity contribution >= 4 is 0 Å². The largest absolute Gasteiger partial charge is 0.378 e. The summed E-state index contributed by atoms with van der Waals surface area (Å²) in [5, 5.41) is 3.50. The van der Waals surface area contributed by atoms with E-state index in [2.05, 4.69) is 24.2 Å². The average molecular weight is 198 g/mol. The average Bonchev–Trinajstić information content (AvgIpc) is 3.01. The molecule has 2 fully saturated rings. The van der Waals surface area contributed by atoms with Crippen LogP contribution in [0.15, 0.2) is 0 Å². The van der Waals surface area contributed by atoms with E-state index in [0.29, 0.717) is 6.04 Å². The zero-order valence-electron chi connectivity index (χ0n) is 9.33. The van der Waals surface area contributed by atoms with Crippen molar-refractivity contribution in [2.24, 2.45) is 5.92 Å². The normalized spacial score (nSPS) is 30.6. The van der Waals surface area contributed by atoms with E-state index in [1.54, 1.807) is 0 Å². The Bertz CT molecular complexity index is 176. The first kappa shape index (κ1) is 10.4. The van der Waals surface area contributed by atoms with Gasteiger partial charge in [-0.25, -0.2) is 0 Å². The van der Waals surface area contributed by atoms with Gasteiger partial charge in [-0.15, -0.1) is 0 Å². The predicted molar refractivity (Wildman–Crippen MR) is 57.4 cm³/mol. The topological polar surface area (TPSA) is 24.5 Å². The minimum absolute atomic E-state index is 0.537. The second-order valence-corrected chi connectivity index (χ2v) is 4.74. The summed E-state index contributed by atoms with van der Waals surface area (Å²) < 4.78 is 5.45. The van der Waals surface area contributed by atoms with Crippen LogP contribution in [0.4, 0.5) is 0 Å². The Morgan fingerprint density at radius 1 is 1.50 bits per heavy atom. The number of nitrogens with zero attached hydrogens (tertiary/aromatic N) is 1. The highest BCUT2D eigenvalue weighted by molar-refractivity contribution is 4.86. The molecule has 14 heavy (non-hydrogen) atoms. The van der Waals surface area contributed by atoms with E-state index >= 15 is 0 Å². The van der Waals surface area contributed by atoms with Crippen LogP contribution in [0.2, 0.25) is 0 Å². The molecule has 1 N–H and O–H groups in total. The van der Waals surface area contributed by atoms with Crippen LogP contribution in [0, 0.1) is 5.92 Å². The molecule has 0 spiro atoms. The van der Waals surface area contributed by atoms with Gasteiger partial charge in [-0.1, -0.05) is 0 Å². The summed E-state index contributed by atoms with van der Waals surface area (Å²) >= 11 is 0. The SMILES string of the molecule is CC(C1CC1)N(C)CC1COCCN1. The first-order valence-corrected chi connectivity index (χ1v) is 5.78. The summed E-state index contributed by atoms with van der Waals surface area (Å²) in [5.74, 6) is 0.963. The van der Waals surface area contributed by atoms with Crippen molar-refractivity contribution in [2.75, 3.05) is 33.4 Å². The molecular weight excluding hydrogens is 176 g/mol. The fourth-order valence-corrected chi connectivity index (χ4v) is 2.19. The molecule has 1 heterocycles. The van der Waals surface area contributed by atoms with E-state index in [9.17, 15) is 0 Å². The lowest BCUT2D eigenvalue weighted by atomic mass is 10.1. The van der Waals surface area contributed by atoms with E-state index < -0.39 is 0 Å². The molecule has 0 aromatic heterocycles. The van der Waals surface area contributed by atoms with Crippen LogP contribution in [-0.2, 0) is 4.74 Å².